The fraction of sp³-hybridized carbons (Fsp3) is 0. The van der Waals surface area contributed by atoms with Gasteiger partial charge in [0.15, 0.2) is 17.5 Å². The Labute approximate surface area is 339 Å². The molecule has 0 radical (unpaired) electrons. The highest BCUT2D eigenvalue weighted by Gasteiger charge is 2.19. The van der Waals surface area contributed by atoms with Crippen LogP contribution >= 0.6 is 0 Å². The van der Waals surface area contributed by atoms with Crippen molar-refractivity contribution in [2.24, 2.45) is 0 Å². The molecular weight excluding hydrogens is 719 g/mol. The van der Waals surface area contributed by atoms with Gasteiger partial charge in [-0.25, -0.2) is 15.0 Å². The Hall–Kier alpha value is -7.95. The molecule has 12 aromatic rings. The molecule has 0 unspecified atom stereocenters. The lowest BCUT2D eigenvalue weighted by Crippen LogP contribution is -2.00. The number of hydrogen-bond acceptors (Lipinski definition) is 4. The van der Waals surface area contributed by atoms with Gasteiger partial charge in [0, 0.05) is 27.5 Å². The van der Waals surface area contributed by atoms with Gasteiger partial charge in [0.2, 0.25) is 0 Å². The number of fused-ring (bicyclic) bond motifs is 10. The van der Waals surface area contributed by atoms with Crippen LogP contribution in [0.5, 0.6) is 0 Å². The lowest BCUT2D eigenvalue weighted by molar-refractivity contribution is 0.669. The summed E-state index contributed by atoms with van der Waals surface area (Å²) in [4.78, 5) is 15.7. The Balaban J connectivity index is 1.07. The summed E-state index contributed by atoms with van der Waals surface area (Å²) >= 11 is 0. The molecule has 2 heterocycles. The van der Waals surface area contributed by atoms with E-state index in [9.17, 15) is 0 Å². The minimum Gasteiger partial charge on any atom is -0.456 e. The summed E-state index contributed by atoms with van der Waals surface area (Å²) in [6, 6.07) is 70.5. The van der Waals surface area contributed by atoms with Gasteiger partial charge in [-0.2, -0.15) is 0 Å². The predicted molar refractivity (Wildman–Crippen MR) is 244 cm³/mol. The molecule has 0 saturated carbocycles. The van der Waals surface area contributed by atoms with E-state index in [2.05, 4.69) is 182 Å². The Bertz CT molecular complexity index is 3570. The van der Waals surface area contributed by atoms with Crippen LogP contribution in [0.15, 0.2) is 205 Å². The molecule has 2 aromatic heterocycles. The summed E-state index contributed by atoms with van der Waals surface area (Å²) in [5.41, 5.74) is 8.76. The molecule has 0 aliphatic rings. The van der Waals surface area contributed by atoms with Crippen LogP contribution in [-0.4, -0.2) is 15.0 Å². The molecule has 0 saturated heterocycles. The molecular formula is C55H33N3O. The average Bonchev–Trinajstić information content (AvgIpc) is 3.70. The van der Waals surface area contributed by atoms with Gasteiger partial charge in [0.05, 0.1) is 0 Å². The first-order valence-electron chi connectivity index (χ1n) is 19.9. The molecule has 274 valence electrons. The molecule has 0 spiro atoms. The van der Waals surface area contributed by atoms with Crippen LogP contribution in [0.1, 0.15) is 0 Å². The van der Waals surface area contributed by atoms with Crippen LogP contribution < -0.4 is 0 Å². The zero-order valence-corrected chi connectivity index (χ0v) is 31.8. The van der Waals surface area contributed by atoms with E-state index in [4.69, 9.17) is 19.4 Å². The quantitative estimate of drug-likeness (QED) is 0.164. The van der Waals surface area contributed by atoms with Crippen molar-refractivity contribution in [3.8, 4) is 56.4 Å². The number of furan rings is 1. The lowest BCUT2D eigenvalue weighted by atomic mass is 9.93. The van der Waals surface area contributed by atoms with Gasteiger partial charge in [-0.1, -0.05) is 170 Å². The third-order valence-electron chi connectivity index (χ3n) is 11.7. The first-order chi connectivity index (χ1) is 29.2. The van der Waals surface area contributed by atoms with Gasteiger partial charge in [-0.15, -0.1) is 0 Å². The molecule has 0 atom stereocenters. The summed E-state index contributed by atoms with van der Waals surface area (Å²) in [6.45, 7) is 0. The van der Waals surface area contributed by atoms with Gasteiger partial charge in [0.1, 0.15) is 11.2 Å². The molecule has 4 nitrogen and oxygen atoms in total. The maximum atomic E-state index is 6.54. The van der Waals surface area contributed by atoms with E-state index in [1.54, 1.807) is 0 Å². The van der Waals surface area contributed by atoms with Crippen LogP contribution in [0, 0.1) is 0 Å². The van der Waals surface area contributed by atoms with Crippen molar-refractivity contribution < 1.29 is 4.42 Å². The summed E-state index contributed by atoms with van der Waals surface area (Å²) < 4.78 is 6.54. The van der Waals surface area contributed by atoms with Crippen molar-refractivity contribution in [2.75, 3.05) is 0 Å². The van der Waals surface area contributed by atoms with E-state index < -0.39 is 0 Å². The van der Waals surface area contributed by atoms with Gasteiger partial charge in [-0.3, -0.25) is 0 Å². The number of para-hydroxylation sites is 1. The van der Waals surface area contributed by atoms with Crippen molar-refractivity contribution >= 4 is 65.0 Å². The topological polar surface area (TPSA) is 51.8 Å². The largest absolute Gasteiger partial charge is 0.456 e. The smallest absolute Gasteiger partial charge is 0.164 e. The molecule has 0 fully saturated rings. The minimum absolute atomic E-state index is 0.576. The molecule has 0 aliphatic carbocycles. The van der Waals surface area contributed by atoms with Crippen molar-refractivity contribution in [3.05, 3.63) is 200 Å². The lowest BCUT2D eigenvalue weighted by Gasteiger charge is -2.13. The summed E-state index contributed by atoms with van der Waals surface area (Å²) in [7, 11) is 0. The van der Waals surface area contributed by atoms with Crippen LogP contribution in [0.25, 0.3) is 121 Å². The molecule has 12 rings (SSSR count). The van der Waals surface area contributed by atoms with Gasteiger partial charge < -0.3 is 4.42 Å². The number of rotatable bonds is 5. The Morgan fingerprint density at radius 2 is 0.797 bits per heavy atom. The highest BCUT2D eigenvalue weighted by atomic mass is 16.3. The second kappa shape index (κ2) is 13.3. The Morgan fingerprint density at radius 3 is 1.53 bits per heavy atom. The number of aromatic nitrogens is 3. The molecule has 0 amide bonds. The Kier molecular flexibility index (Phi) is 7.50. The molecule has 4 heteroatoms. The standard InChI is InChI=1S/C55H33N3O/c1-2-13-36(14-3-1)48-32-41(33-51-52(48)47-20-10-11-21-50(47)59-51)55-57-53(37-25-22-35(23-26-37)39-27-24-34-12-4-5-15-38(34)30-39)56-54(58-55)40-28-29-46-44-18-7-6-16-42(44)43-17-8-9-19-45(43)49(46)31-40/h1-33H. The first kappa shape index (κ1) is 33.2. The van der Waals surface area contributed by atoms with Gasteiger partial charge in [0.25, 0.3) is 0 Å². The van der Waals surface area contributed by atoms with Crippen molar-refractivity contribution in [3.63, 3.8) is 0 Å². The monoisotopic (exact) mass is 751 g/mol. The van der Waals surface area contributed by atoms with Crippen molar-refractivity contribution in [1.82, 2.24) is 15.0 Å². The fourth-order valence-corrected chi connectivity index (χ4v) is 8.82. The molecule has 0 N–H and O–H groups in total. The average molecular weight is 752 g/mol. The van der Waals surface area contributed by atoms with Crippen molar-refractivity contribution in [1.29, 1.82) is 0 Å². The SMILES string of the molecule is c1ccc(-c2cc(-c3nc(-c4ccc(-c5ccc6ccccc6c5)cc4)nc(-c4ccc5c6ccccc6c6ccccc6c5c4)n3)cc3oc4ccccc4c23)cc1. The van der Waals surface area contributed by atoms with E-state index in [-0.39, 0.29) is 0 Å². The molecule has 10 aromatic carbocycles. The van der Waals surface area contributed by atoms with Gasteiger partial charge >= 0.3 is 0 Å². The summed E-state index contributed by atoms with van der Waals surface area (Å²) in [5.74, 6) is 1.78. The second-order valence-electron chi connectivity index (χ2n) is 15.2. The second-order valence-corrected chi connectivity index (χ2v) is 15.2. The number of nitrogens with zero attached hydrogens (tertiary/aromatic N) is 3. The zero-order chi connectivity index (χ0) is 38.9. The molecule has 0 bridgehead atoms. The molecule has 59 heavy (non-hydrogen) atoms. The number of benzene rings is 10. The van der Waals surface area contributed by atoms with Crippen LogP contribution in [0.3, 0.4) is 0 Å². The van der Waals surface area contributed by atoms with Crippen molar-refractivity contribution in [2.45, 2.75) is 0 Å². The Morgan fingerprint density at radius 1 is 0.271 bits per heavy atom. The van der Waals surface area contributed by atoms with E-state index in [1.807, 2.05) is 18.2 Å². The van der Waals surface area contributed by atoms with E-state index >= 15 is 0 Å². The first-order valence-corrected chi connectivity index (χ1v) is 19.9. The fourth-order valence-electron chi connectivity index (χ4n) is 8.82. The maximum Gasteiger partial charge on any atom is 0.164 e. The highest BCUT2D eigenvalue weighted by Crippen LogP contribution is 2.41. The van der Waals surface area contributed by atoms with E-state index in [1.165, 1.54) is 37.7 Å². The van der Waals surface area contributed by atoms with Crippen LogP contribution in [0.4, 0.5) is 0 Å². The third-order valence-corrected chi connectivity index (χ3v) is 11.7. The van der Waals surface area contributed by atoms with Gasteiger partial charge in [-0.05, 0) is 95.7 Å². The normalized spacial score (nSPS) is 11.7. The summed E-state index contributed by atoms with van der Waals surface area (Å²) in [6.07, 6.45) is 0. The molecule has 0 aliphatic heterocycles. The number of hydrogen-bond donors (Lipinski definition) is 0. The highest BCUT2D eigenvalue weighted by molar-refractivity contribution is 6.25. The van der Waals surface area contributed by atoms with E-state index in [0.717, 1.165) is 66.3 Å². The van der Waals surface area contributed by atoms with Crippen LogP contribution in [0.2, 0.25) is 0 Å². The third kappa shape index (κ3) is 5.57. The zero-order valence-electron chi connectivity index (χ0n) is 31.8. The minimum atomic E-state index is 0.576. The van der Waals surface area contributed by atoms with Crippen LogP contribution in [-0.2, 0) is 0 Å². The predicted octanol–water partition coefficient (Wildman–Crippen LogP) is 14.7. The summed E-state index contributed by atoms with van der Waals surface area (Å²) in [5, 5.41) is 11.8. The van der Waals surface area contributed by atoms with E-state index in [0.29, 0.717) is 17.5 Å². The maximum absolute atomic E-state index is 6.54.